The maximum atomic E-state index is 12.9. The molecule has 0 saturated carbocycles. The second-order valence-electron chi connectivity index (χ2n) is 24.5. The summed E-state index contributed by atoms with van der Waals surface area (Å²) in [6, 6.07) is 51.2. The van der Waals surface area contributed by atoms with E-state index in [1.807, 2.05) is 87.5 Å². The van der Waals surface area contributed by atoms with Gasteiger partial charge in [0.15, 0.2) is 28.8 Å². The van der Waals surface area contributed by atoms with Crippen molar-refractivity contribution in [3.05, 3.63) is 269 Å². The van der Waals surface area contributed by atoms with Crippen molar-refractivity contribution in [1.29, 1.82) is 0 Å². The van der Waals surface area contributed by atoms with Crippen molar-refractivity contribution < 1.29 is 83.7 Å². The van der Waals surface area contributed by atoms with Crippen molar-refractivity contribution in [2.45, 2.75) is 93.7 Å². The minimum atomic E-state index is -3.54. The van der Waals surface area contributed by atoms with Gasteiger partial charge in [-0.3, -0.25) is 27.3 Å². The second kappa shape index (κ2) is 36.3. The van der Waals surface area contributed by atoms with E-state index >= 15 is 0 Å². The zero-order valence-corrected chi connectivity index (χ0v) is 62.6. The molecule has 0 aromatic heterocycles. The number of hydrogen-bond donors (Lipinski definition) is 4. The molecular weight excluding hydrogens is 1490 g/mol. The topological polar surface area (TPSA) is 290 Å². The molecule has 546 valence electrons. The molecule has 0 radical (unpaired) electrons. The van der Waals surface area contributed by atoms with Crippen molar-refractivity contribution in [3.8, 4) is 28.7 Å². The Kier molecular flexibility index (Phi) is 28.6. The first-order chi connectivity index (χ1) is 48.3. The van der Waals surface area contributed by atoms with Crippen LogP contribution in [0.1, 0.15) is 111 Å². The Bertz CT molecular complexity index is 4860. The van der Waals surface area contributed by atoms with Crippen LogP contribution in [-0.4, -0.2) is 110 Å². The fraction of sp³-hybridized carbons (Fsp3) is 0.269. The number of ketones is 3. The Hall–Kier alpha value is -9.19. The average molecular weight is 1580 g/mol. The van der Waals surface area contributed by atoms with Gasteiger partial charge < -0.3 is 44.1 Å². The van der Waals surface area contributed by atoms with Crippen molar-refractivity contribution in [3.63, 3.8) is 0 Å². The van der Waals surface area contributed by atoms with Gasteiger partial charge in [-0.05, 0) is 166 Å². The lowest BCUT2D eigenvalue weighted by molar-refractivity contribution is 0.0984. The van der Waals surface area contributed by atoms with Gasteiger partial charge in [-0.25, -0.2) is 25.3 Å². The van der Waals surface area contributed by atoms with E-state index in [0.29, 0.717) is 79.2 Å². The second-order valence-corrected chi connectivity index (χ2v) is 31.8. The number of hydrogen-bond acceptors (Lipinski definition) is 18. The van der Waals surface area contributed by atoms with E-state index in [9.17, 15) is 60.1 Å². The van der Waals surface area contributed by atoms with Crippen LogP contribution in [0.15, 0.2) is 176 Å². The first kappa shape index (κ1) is 81.1. The molecule has 1 heterocycles. The summed E-state index contributed by atoms with van der Waals surface area (Å²) in [7, 11) is -6.26. The maximum Gasteiger partial charge on any atom is 0.232 e. The molecule has 0 saturated heterocycles. The Morgan fingerprint density at radius 1 is 0.388 bits per heavy atom. The Morgan fingerprint density at radius 2 is 0.699 bits per heavy atom. The van der Waals surface area contributed by atoms with Crippen LogP contribution >= 0.6 is 22.6 Å². The Labute approximate surface area is 617 Å². The number of Topliss-reactive ketones (excluding diaryl/α,β-unsaturated/α-hetero) is 3. The molecule has 9 aromatic carbocycles. The monoisotopic (exact) mass is 1580 g/mol. The predicted octanol–water partition coefficient (Wildman–Crippen LogP) is 12.1. The summed E-state index contributed by atoms with van der Waals surface area (Å²) in [5.41, 5.74) is 13.1. The van der Waals surface area contributed by atoms with Crippen LogP contribution in [-0.2, 0) is 95.6 Å². The van der Waals surface area contributed by atoms with Crippen LogP contribution in [0.25, 0.3) is 0 Å². The van der Waals surface area contributed by atoms with Crippen molar-refractivity contribution in [2.75, 3.05) is 59.6 Å². The van der Waals surface area contributed by atoms with Gasteiger partial charge in [0.25, 0.3) is 0 Å². The van der Waals surface area contributed by atoms with Gasteiger partial charge in [0, 0.05) is 60.7 Å². The molecule has 0 spiro atoms. The summed E-state index contributed by atoms with van der Waals surface area (Å²) in [4.78, 5) is 38.4. The van der Waals surface area contributed by atoms with E-state index in [1.54, 1.807) is 109 Å². The summed E-state index contributed by atoms with van der Waals surface area (Å²) in [6.07, 6.45) is 3.68. The van der Waals surface area contributed by atoms with Crippen molar-refractivity contribution >= 4 is 87.1 Å². The highest BCUT2D eigenvalue weighted by atomic mass is 127. The largest absolute Gasteiger partial charge is 0.487 e. The quantitative estimate of drug-likeness (QED) is 0.0262. The molecular formula is C78H86IN3O18S3. The molecule has 0 unspecified atom stereocenters. The van der Waals surface area contributed by atoms with E-state index in [1.165, 1.54) is 21.1 Å². The standard InChI is InChI=1S/C26H27NO7S.C26H29NO6S.C25H26INO5S.CH4/c1-17-4-6-20(14-28)21(10-17)15-32-25-12-18(5-8-22(25)27(2)35(3,30)31)11-23(29)19-7-9-24-26(13-19)34-16-33-24;1-18-4-8-22(16-29)23(12-18)17-33-26-14-20(7-11-24(26)27(2)34(3,31)32)13-25(30)21-9-5-19(15-28)6-10-21;1-17-4-6-20(15-28)21(12-17)16-32-25-14-18(5-11-23(25)27(2)33(3,30)31)13-24(29)19-7-9-22(26)10-8-19;/h4-10,12-13,28H,11,14-16H2,1-3H3;4-12,14,28-29H,13,15-17H2,1-3H3;4-12,14,28H,13,15-16H2,1-3H3;1H4. The predicted molar refractivity (Wildman–Crippen MR) is 408 cm³/mol. The zero-order chi connectivity index (χ0) is 74.2. The van der Waals surface area contributed by atoms with Crippen LogP contribution < -0.4 is 36.6 Å². The van der Waals surface area contributed by atoms with Crippen LogP contribution in [0.4, 0.5) is 17.1 Å². The zero-order valence-electron chi connectivity index (χ0n) is 58.0. The fourth-order valence-corrected chi connectivity index (χ4v) is 12.5. The van der Waals surface area contributed by atoms with Crippen LogP contribution in [0.5, 0.6) is 28.7 Å². The van der Waals surface area contributed by atoms with Crippen molar-refractivity contribution in [2.24, 2.45) is 0 Å². The molecule has 103 heavy (non-hydrogen) atoms. The molecule has 10 rings (SSSR count). The summed E-state index contributed by atoms with van der Waals surface area (Å²) in [6.45, 7) is 5.86. The first-order valence-electron chi connectivity index (χ1n) is 32.0. The number of fused-ring (bicyclic) bond motifs is 1. The van der Waals surface area contributed by atoms with E-state index in [4.69, 9.17) is 23.7 Å². The van der Waals surface area contributed by atoms with Gasteiger partial charge in [-0.15, -0.1) is 0 Å². The summed E-state index contributed by atoms with van der Waals surface area (Å²) < 4.78 is 106. The van der Waals surface area contributed by atoms with Gasteiger partial charge in [-0.2, -0.15) is 0 Å². The minimum absolute atomic E-state index is 0. The fourth-order valence-electron chi connectivity index (χ4n) is 10.6. The molecule has 0 atom stereocenters. The highest BCUT2D eigenvalue weighted by molar-refractivity contribution is 14.1. The van der Waals surface area contributed by atoms with Gasteiger partial charge in [0.05, 0.1) is 62.3 Å². The number of aliphatic hydroxyl groups is 4. The minimum Gasteiger partial charge on any atom is -0.487 e. The number of rotatable bonds is 28. The lowest BCUT2D eigenvalue weighted by atomic mass is 10.0. The molecule has 9 aromatic rings. The highest BCUT2D eigenvalue weighted by Crippen LogP contribution is 2.37. The number of halogens is 1. The van der Waals surface area contributed by atoms with Gasteiger partial charge >= 0.3 is 0 Å². The average Bonchev–Trinajstić information content (AvgIpc) is 1.28. The summed E-state index contributed by atoms with van der Waals surface area (Å²) in [5, 5.41) is 38.1. The van der Waals surface area contributed by atoms with Gasteiger partial charge in [0.1, 0.15) is 37.1 Å². The smallest absolute Gasteiger partial charge is 0.232 e. The number of sulfonamides is 3. The third-order valence-corrected chi connectivity index (χ3v) is 21.0. The van der Waals surface area contributed by atoms with E-state index in [2.05, 4.69) is 22.6 Å². The molecule has 21 nitrogen and oxygen atoms in total. The number of carbonyl (C=O) groups excluding carboxylic acids is 3. The Balaban J connectivity index is 0.000000215. The highest BCUT2D eigenvalue weighted by Gasteiger charge is 2.24. The summed E-state index contributed by atoms with van der Waals surface area (Å²) in [5.74, 6) is 1.84. The van der Waals surface area contributed by atoms with Crippen LogP contribution in [0, 0.1) is 24.3 Å². The summed E-state index contributed by atoms with van der Waals surface area (Å²) >= 11 is 2.19. The van der Waals surface area contributed by atoms with E-state index < -0.39 is 30.1 Å². The van der Waals surface area contributed by atoms with Crippen LogP contribution in [0.2, 0.25) is 0 Å². The molecule has 0 bridgehead atoms. The number of nitrogens with zero attached hydrogens (tertiary/aromatic N) is 3. The number of benzene rings is 9. The third-order valence-electron chi connectivity index (χ3n) is 16.7. The molecule has 4 N–H and O–H groups in total. The lowest BCUT2D eigenvalue weighted by Gasteiger charge is -2.21. The number of carbonyl (C=O) groups is 3. The SMILES string of the molecule is C.Cc1ccc(CO)c(COc2cc(CC(=O)c3ccc(CO)cc3)ccc2N(C)S(C)(=O)=O)c1.Cc1ccc(CO)c(COc2cc(CC(=O)c3ccc(I)cc3)ccc2N(C)S(C)(=O)=O)c1.Cc1ccc(CO)c(COc2cc(CC(=O)c3ccc4c(c3)OCO4)ccc2N(C)S(C)(=O)=O)c1. The number of aliphatic hydroxyl groups excluding tert-OH is 4. The number of ether oxygens (including phenoxy) is 5. The number of aryl methyl sites for hydroxylation is 3. The van der Waals surface area contributed by atoms with Crippen molar-refractivity contribution in [1.82, 2.24) is 0 Å². The third kappa shape index (κ3) is 22.4. The van der Waals surface area contributed by atoms with E-state index in [0.717, 1.165) is 90.9 Å². The number of anilines is 3. The van der Waals surface area contributed by atoms with Gasteiger partial charge in [0.2, 0.25) is 36.9 Å². The molecule has 0 amide bonds. The van der Waals surface area contributed by atoms with E-state index in [-0.39, 0.29) is 97.1 Å². The molecule has 1 aliphatic heterocycles. The maximum absolute atomic E-state index is 12.9. The molecule has 25 heteroatoms. The molecule has 1 aliphatic rings. The Morgan fingerprint density at radius 3 is 1.03 bits per heavy atom. The van der Waals surface area contributed by atoms with Crippen LogP contribution in [0.3, 0.4) is 0 Å². The first-order valence-corrected chi connectivity index (χ1v) is 38.6. The molecule has 0 aliphatic carbocycles. The molecule has 0 fully saturated rings. The lowest BCUT2D eigenvalue weighted by Crippen LogP contribution is -2.25. The van der Waals surface area contributed by atoms with Gasteiger partial charge in [-0.1, -0.05) is 133 Å². The normalized spacial score (nSPS) is 11.6.